The number of hydrogen-bond acceptors (Lipinski definition) is 1. The van der Waals surface area contributed by atoms with Crippen LogP contribution in [0.5, 0.6) is 0 Å². The Morgan fingerprint density at radius 3 is 2.81 bits per heavy atom. The molecule has 3 heteroatoms. The van der Waals surface area contributed by atoms with Gasteiger partial charge in [0.2, 0.25) is 0 Å². The standard InChI is InChI=1S/C13H19BrClN/c1-3-4-5-10(2)16-9-11-6-7-13(15)12(14)8-11/h6-8,10,16H,3-5,9H2,1-2H3. The van der Waals surface area contributed by atoms with Gasteiger partial charge in [0.25, 0.3) is 0 Å². The third kappa shape index (κ3) is 4.86. The number of rotatable bonds is 6. The maximum absolute atomic E-state index is 5.94. The molecule has 0 bridgehead atoms. The lowest BCUT2D eigenvalue weighted by Crippen LogP contribution is -2.25. The maximum Gasteiger partial charge on any atom is 0.0548 e. The highest BCUT2D eigenvalue weighted by Gasteiger charge is 2.02. The van der Waals surface area contributed by atoms with Crippen molar-refractivity contribution in [1.29, 1.82) is 0 Å². The van der Waals surface area contributed by atoms with Gasteiger partial charge in [0, 0.05) is 17.1 Å². The molecule has 1 rings (SSSR count). The molecule has 90 valence electrons. The van der Waals surface area contributed by atoms with Crippen LogP contribution in [-0.2, 0) is 6.54 Å². The summed E-state index contributed by atoms with van der Waals surface area (Å²) in [4.78, 5) is 0. The van der Waals surface area contributed by atoms with Crippen molar-refractivity contribution in [2.45, 2.75) is 45.7 Å². The molecule has 0 saturated heterocycles. The van der Waals surface area contributed by atoms with Crippen molar-refractivity contribution in [3.63, 3.8) is 0 Å². The SMILES string of the molecule is CCCCC(C)NCc1ccc(Cl)c(Br)c1. The van der Waals surface area contributed by atoms with Crippen molar-refractivity contribution in [1.82, 2.24) is 5.32 Å². The van der Waals surface area contributed by atoms with E-state index in [0.29, 0.717) is 6.04 Å². The van der Waals surface area contributed by atoms with Gasteiger partial charge in [-0.25, -0.2) is 0 Å². The van der Waals surface area contributed by atoms with E-state index in [1.54, 1.807) is 0 Å². The summed E-state index contributed by atoms with van der Waals surface area (Å²) in [5.41, 5.74) is 1.26. The molecular weight excluding hydrogens is 286 g/mol. The fourth-order valence-corrected chi connectivity index (χ4v) is 2.10. The van der Waals surface area contributed by atoms with Crippen molar-refractivity contribution in [2.24, 2.45) is 0 Å². The second kappa shape index (κ2) is 7.31. The van der Waals surface area contributed by atoms with E-state index in [0.717, 1.165) is 16.0 Å². The molecule has 0 saturated carbocycles. The average molecular weight is 305 g/mol. The average Bonchev–Trinajstić information content (AvgIpc) is 2.28. The third-order valence-electron chi connectivity index (χ3n) is 2.63. The van der Waals surface area contributed by atoms with Crippen LogP contribution in [0.1, 0.15) is 38.7 Å². The van der Waals surface area contributed by atoms with Crippen LogP contribution in [0.2, 0.25) is 5.02 Å². The first-order chi connectivity index (χ1) is 7.63. The van der Waals surface area contributed by atoms with Crippen LogP contribution in [0.15, 0.2) is 22.7 Å². The van der Waals surface area contributed by atoms with Crippen molar-refractivity contribution in [3.8, 4) is 0 Å². The van der Waals surface area contributed by atoms with Gasteiger partial charge in [-0.1, -0.05) is 37.4 Å². The van der Waals surface area contributed by atoms with Crippen molar-refractivity contribution in [3.05, 3.63) is 33.3 Å². The van der Waals surface area contributed by atoms with Gasteiger partial charge in [-0.3, -0.25) is 0 Å². The topological polar surface area (TPSA) is 12.0 Å². The van der Waals surface area contributed by atoms with E-state index >= 15 is 0 Å². The fraction of sp³-hybridized carbons (Fsp3) is 0.538. The molecule has 0 aliphatic heterocycles. The number of unbranched alkanes of at least 4 members (excludes halogenated alkanes) is 1. The molecule has 1 nitrogen and oxygen atoms in total. The molecule has 16 heavy (non-hydrogen) atoms. The highest BCUT2D eigenvalue weighted by atomic mass is 79.9. The van der Waals surface area contributed by atoms with Gasteiger partial charge >= 0.3 is 0 Å². The molecule has 0 amide bonds. The Morgan fingerprint density at radius 1 is 1.44 bits per heavy atom. The quantitative estimate of drug-likeness (QED) is 0.798. The van der Waals surface area contributed by atoms with Crippen LogP contribution < -0.4 is 5.32 Å². The fourth-order valence-electron chi connectivity index (χ4n) is 1.55. The Morgan fingerprint density at radius 2 is 2.19 bits per heavy atom. The molecule has 0 radical (unpaired) electrons. The van der Waals surface area contributed by atoms with Crippen molar-refractivity contribution in [2.75, 3.05) is 0 Å². The van der Waals surface area contributed by atoms with Crippen molar-refractivity contribution >= 4 is 27.5 Å². The monoisotopic (exact) mass is 303 g/mol. The summed E-state index contributed by atoms with van der Waals surface area (Å²) in [6.07, 6.45) is 3.79. The predicted molar refractivity (Wildman–Crippen MR) is 75.0 cm³/mol. The van der Waals surface area contributed by atoms with E-state index in [4.69, 9.17) is 11.6 Å². The lowest BCUT2D eigenvalue weighted by Gasteiger charge is -2.13. The van der Waals surface area contributed by atoms with Gasteiger partial charge in [0.1, 0.15) is 0 Å². The molecule has 1 N–H and O–H groups in total. The predicted octanol–water partition coefficient (Wildman–Crippen LogP) is 4.77. The maximum atomic E-state index is 5.94. The molecule has 1 atom stereocenters. The normalized spacial score (nSPS) is 12.8. The summed E-state index contributed by atoms with van der Waals surface area (Å²) < 4.78 is 0.967. The molecule has 0 spiro atoms. The van der Waals surface area contributed by atoms with Crippen LogP contribution in [-0.4, -0.2) is 6.04 Å². The Balaban J connectivity index is 2.39. The van der Waals surface area contributed by atoms with Crippen LogP contribution in [0.3, 0.4) is 0 Å². The van der Waals surface area contributed by atoms with Crippen LogP contribution in [0.4, 0.5) is 0 Å². The molecular formula is C13H19BrClN. The van der Waals surface area contributed by atoms with Crippen LogP contribution in [0.25, 0.3) is 0 Å². The minimum Gasteiger partial charge on any atom is -0.310 e. The summed E-state index contributed by atoms with van der Waals surface area (Å²) in [7, 11) is 0. The zero-order valence-corrected chi connectivity index (χ0v) is 12.2. The number of nitrogens with one attached hydrogen (secondary N) is 1. The van der Waals surface area contributed by atoms with Crippen molar-refractivity contribution < 1.29 is 0 Å². The molecule has 0 fully saturated rings. The first kappa shape index (κ1) is 14.0. The summed E-state index contributed by atoms with van der Waals surface area (Å²) in [6, 6.07) is 6.64. The van der Waals surface area contributed by atoms with E-state index in [9.17, 15) is 0 Å². The van der Waals surface area contributed by atoms with Gasteiger partial charge in [-0.2, -0.15) is 0 Å². The largest absolute Gasteiger partial charge is 0.310 e. The van der Waals surface area contributed by atoms with Gasteiger partial charge in [-0.15, -0.1) is 0 Å². The Labute approximate surface area is 112 Å². The smallest absolute Gasteiger partial charge is 0.0548 e. The highest BCUT2D eigenvalue weighted by Crippen LogP contribution is 2.23. The summed E-state index contributed by atoms with van der Waals surface area (Å²) >= 11 is 9.38. The van der Waals surface area contributed by atoms with E-state index in [2.05, 4.69) is 47.2 Å². The zero-order chi connectivity index (χ0) is 12.0. The molecule has 0 aliphatic carbocycles. The van der Waals surface area contributed by atoms with Crippen LogP contribution >= 0.6 is 27.5 Å². The van der Waals surface area contributed by atoms with Gasteiger partial charge in [0.05, 0.1) is 5.02 Å². The van der Waals surface area contributed by atoms with Crippen LogP contribution in [0, 0.1) is 0 Å². The number of hydrogen-bond donors (Lipinski definition) is 1. The van der Waals surface area contributed by atoms with E-state index in [1.807, 2.05) is 6.07 Å². The summed E-state index contributed by atoms with van der Waals surface area (Å²) in [5.74, 6) is 0. The Hall–Kier alpha value is -0.0500. The minimum absolute atomic E-state index is 0.578. The lowest BCUT2D eigenvalue weighted by molar-refractivity contribution is 0.495. The lowest BCUT2D eigenvalue weighted by atomic mass is 10.1. The summed E-state index contributed by atoms with van der Waals surface area (Å²) in [6.45, 7) is 5.37. The number of benzene rings is 1. The second-order valence-corrected chi connectivity index (χ2v) is 5.43. The molecule has 0 aromatic heterocycles. The first-order valence-corrected chi connectivity index (χ1v) is 6.98. The first-order valence-electron chi connectivity index (χ1n) is 5.80. The zero-order valence-electron chi connectivity index (χ0n) is 9.89. The van der Waals surface area contributed by atoms with E-state index in [-0.39, 0.29) is 0 Å². The second-order valence-electron chi connectivity index (χ2n) is 4.17. The molecule has 1 aromatic rings. The minimum atomic E-state index is 0.578. The van der Waals surface area contributed by atoms with E-state index in [1.165, 1.54) is 24.8 Å². The summed E-state index contributed by atoms with van der Waals surface area (Å²) in [5, 5.41) is 4.28. The van der Waals surface area contributed by atoms with Gasteiger partial charge in [-0.05, 0) is 47.0 Å². The molecule has 1 unspecified atom stereocenters. The highest BCUT2D eigenvalue weighted by molar-refractivity contribution is 9.10. The Bertz CT molecular complexity index is 328. The van der Waals surface area contributed by atoms with Gasteiger partial charge in [0.15, 0.2) is 0 Å². The Kier molecular flexibility index (Phi) is 6.40. The molecule has 1 aromatic carbocycles. The molecule has 0 aliphatic rings. The van der Waals surface area contributed by atoms with Gasteiger partial charge < -0.3 is 5.32 Å². The third-order valence-corrected chi connectivity index (χ3v) is 3.84. The molecule has 0 heterocycles. The number of halogens is 2. The van der Waals surface area contributed by atoms with E-state index < -0.39 is 0 Å².